The number of carbonyl (C=O) groups is 1. The Kier molecular flexibility index (Phi) is 12.3. The fourth-order valence-corrected chi connectivity index (χ4v) is 2.98. The van der Waals surface area contributed by atoms with Gasteiger partial charge in [-0.15, -0.1) is 0 Å². The molecule has 0 atom stereocenters. The van der Waals surface area contributed by atoms with E-state index in [0.29, 0.717) is 13.0 Å². The molecule has 0 saturated carbocycles. The van der Waals surface area contributed by atoms with Crippen LogP contribution >= 0.6 is 0 Å². The number of ether oxygens (including phenoxy) is 2. The molecule has 160 valence electrons. The van der Waals surface area contributed by atoms with Crippen LogP contribution in [0.2, 0.25) is 0 Å². The minimum Gasteiger partial charge on any atom is -0.492 e. The average molecular weight is 394 g/mol. The number of unbranched alkanes of at least 4 members (excludes halogenated alkanes) is 1. The zero-order valence-electron chi connectivity index (χ0n) is 18.3. The van der Waals surface area contributed by atoms with Crippen molar-refractivity contribution in [2.75, 3.05) is 66.6 Å². The summed E-state index contributed by atoms with van der Waals surface area (Å²) in [5, 5.41) is 0. The Morgan fingerprint density at radius 1 is 1.25 bits per heavy atom. The van der Waals surface area contributed by atoms with Crippen molar-refractivity contribution in [3.63, 3.8) is 0 Å². The molecule has 1 aliphatic rings. The van der Waals surface area contributed by atoms with Crippen LogP contribution in [0.25, 0.3) is 0 Å². The number of nitrogens with zero attached hydrogens (tertiary/aromatic N) is 3. The third-order valence-corrected chi connectivity index (χ3v) is 4.78. The Bertz CT molecular complexity index is 523. The molecular weight excluding hydrogens is 354 g/mol. The van der Waals surface area contributed by atoms with E-state index in [9.17, 15) is 4.79 Å². The van der Waals surface area contributed by atoms with Gasteiger partial charge in [-0.1, -0.05) is 12.7 Å². The maximum Gasteiger partial charge on any atom is 0.222 e. The van der Waals surface area contributed by atoms with Crippen molar-refractivity contribution in [2.24, 2.45) is 0 Å². The molecule has 0 radical (unpaired) electrons. The molecule has 0 aromatic rings. The first kappa shape index (κ1) is 24.2. The van der Waals surface area contributed by atoms with Crippen molar-refractivity contribution in [3.8, 4) is 0 Å². The molecule has 6 heteroatoms. The zero-order chi connectivity index (χ0) is 20.8. The summed E-state index contributed by atoms with van der Waals surface area (Å²) in [6.07, 6.45) is 8.43. The highest BCUT2D eigenvalue weighted by Gasteiger charge is 2.11. The van der Waals surface area contributed by atoms with Crippen LogP contribution in [-0.2, 0) is 14.3 Å². The predicted octanol–water partition coefficient (Wildman–Crippen LogP) is 2.89. The number of amides is 1. The molecule has 6 nitrogen and oxygen atoms in total. The van der Waals surface area contributed by atoms with E-state index in [0.717, 1.165) is 70.2 Å². The maximum absolute atomic E-state index is 11.7. The Labute approximate surface area is 171 Å². The van der Waals surface area contributed by atoms with Gasteiger partial charge in [0, 0.05) is 65.0 Å². The average Bonchev–Trinajstić information content (AvgIpc) is 2.68. The van der Waals surface area contributed by atoms with Crippen LogP contribution in [0.1, 0.15) is 33.1 Å². The van der Waals surface area contributed by atoms with Gasteiger partial charge in [-0.25, -0.2) is 0 Å². The van der Waals surface area contributed by atoms with E-state index in [1.165, 1.54) is 0 Å². The summed E-state index contributed by atoms with van der Waals surface area (Å²) in [5.74, 6) is 1.02. The summed E-state index contributed by atoms with van der Waals surface area (Å²) in [5.41, 5.74) is 0.945. The van der Waals surface area contributed by atoms with Crippen LogP contribution in [0.5, 0.6) is 0 Å². The fourth-order valence-electron chi connectivity index (χ4n) is 2.98. The Morgan fingerprint density at radius 2 is 1.96 bits per heavy atom. The Balaban J connectivity index is 2.45. The summed E-state index contributed by atoms with van der Waals surface area (Å²) in [6.45, 7) is 15.2. The van der Waals surface area contributed by atoms with Gasteiger partial charge in [0.25, 0.3) is 0 Å². The highest BCUT2D eigenvalue weighted by molar-refractivity contribution is 5.75. The third kappa shape index (κ3) is 9.95. The standard InChI is InChI=1S/C22H39N3O3/c1-6-10-21(28-18-15-24-13-16-27-17-14-24)19-20(3)25(7-2)12-9-8-11-22(26)23(4)5/h6,10,19H,3,7-9,11-18H2,1-2,4-5H3/b10-6-,21-19+. The number of rotatable bonds is 13. The summed E-state index contributed by atoms with van der Waals surface area (Å²) >= 11 is 0. The van der Waals surface area contributed by atoms with Gasteiger partial charge in [0.05, 0.1) is 13.2 Å². The normalized spacial score (nSPS) is 15.6. The molecule has 0 N–H and O–H groups in total. The molecular formula is C22H39N3O3. The van der Waals surface area contributed by atoms with Crippen molar-refractivity contribution >= 4 is 5.91 Å². The van der Waals surface area contributed by atoms with E-state index < -0.39 is 0 Å². The number of hydrogen-bond donors (Lipinski definition) is 0. The Hall–Kier alpha value is -1.79. The molecule has 1 amide bonds. The van der Waals surface area contributed by atoms with Crippen LogP contribution in [-0.4, -0.2) is 87.2 Å². The van der Waals surface area contributed by atoms with E-state index in [2.05, 4.69) is 23.3 Å². The van der Waals surface area contributed by atoms with Crippen molar-refractivity contribution in [3.05, 3.63) is 36.3 Å². The van der Waals surface area contributed by atoms with Crippen LogP contribution in [0.4, 0.5) is 0 Å². The fraction of sp³-hybridized carbons (Fsp3) is 0.682. The lowest BCUT2D eigenvalue weighted by Crippen LogP contribution is -2.38. The second-order valence-electron chi connectivity index (χ2n) is 7.17. The monoisotopic (exact) mass is 393 g/mol. The van der Waals surface area contributed by atoms with Crippen molar-refractivity contribution < 1.29 is 14.3 Å². The van der Waals surface area contributed by atoms with E-state index in [4.69, 9.17) is 9.47 Å². The first-order valence-corrected chi connectivity index (χ1v) is 10.4. The molecule has 0 unspecified atom stereocenters. The molecule has 28 heavy (non-hydrogen) atoms. The summed E-state index contributed by atoms with van der Waals surface area (Å²) < 4.78 is 11.4. The first-order valence-electron chi connectivity index (χ1n) is 10.4. The van der Waals surface area contributed by atoms with E-state index >= 15 is 0 Å². The summed E-state index contributed by atoms with van der Waals surface area (Å²) in [4.78, 5) is 17.9. The second kappa shape index (κ2) is 14.2. The van der Waals surface area contributed by atoms with Gasteiger partial charge in [-0.05, 0) is 32.8 Å². The smallest absolute Gasteiger partial charge is 0.222 e. The predicted molar refractivity (Wildman–Crippen MR) is 115 cm³/mol. The Morgan fingerprint density at radius 3 is 2.57 bits per heavy atom. The van der Waals surface area contributed by atoms with Gasteiger partial charge < -0.3 is 19.3 Å². The number of likely N-dealkylation sites (N-methyl/N-ethyl adjacent to an activating group) is 1. The van der Waals surface area contributed by atoms with E-state index in [1.807, 2.05) is 25.2 Å². The van der Waals surface area contributed by atoms with Gasteiger partial charge in [0.15, 0.2) is 0 Å². The van der Waals surface area contributed by atoms with Crippen LogP contribution < -0.4 is 0 Å². The maximum atomic E-state index is 11.7. The van der Waals surface area contributed by atoms with Crippen molar-refractivity contribution in [1.82, 2.24) is 14.7 Å². The molecule has 1 saturated heterocycles. The number of allylic oxidation sites excluding steroid dienone is 3. The summed E-state index contributed by atoms with van der Waals surface area (Å²) in [6, 6.07) is 0. The molecule has 0 aliphatic carbocycles. The van der Waals surface area contributed by atoms with Crippen LogP contribution in [0, 0.1) is 0 Å². The molecule has 1 heterocycles. The molecule has 0 spiro atoms. The number of morpholine rings is 1. The lowest BCUT2D eigenvalue weighted by atomic mass is 10.2. The molecule has 0 aromatic carbocycles. The van der Waals surface area contributed by atoms with Gasteiger partial charge in [-0.3, -0.25) is 9.69 Å². The SMILES string of the molecule is C=C(/C=C(\C=C/C)OCCN1CCOCC1)N(CC)CCCCC(=O)N(C)C. The van der Waals surface area contributed by atoms with Crippen molar-refractivity contribution in [2.45, 2.75) is 33.1 Å². The van der Waals surface area contributed by atoms with Gasteiger partial charge in [0.1, 0.15) is 12.4 Å². The number of hydrogen-bond acceptors (Lipinski definition) is 5. The van der Waals surface area contributed by atoms with Gasteiger partial charge >= 0.3 is 0 Å². The molecule has 0 aromatic heterocycles. The minimum atomic E-state index is 0.186. The summed E-state index contributed by atoms with van der Waals surface area (Å²) in [7, 11) is 3.60. The van der Waals surface area contributed by atoms with E-state index in [-0.39, 0.29) is 5.91 Å². The second-order valence-corrected chi connectivity index (χ2v) is 7.17. The van der Waals surface area contributed by atoms with Gasteiger partial charge in [0.2, 0.25) is 5.91 Å². The van der Waals surface area contributed by atoms with E-state index in [1.54, 1.807) is 19.0 Å². The first-order chi connectivity index (χ1) is 13.5. The lowest BCUT2D eigenvalue weighted by molar-refractivity contribution is -0.128. The topological polar surface area (TPSA) is 45.3 Å². The highest BCUT2D eigenvalue weighted by Crippen LogP contribution is 2.12. The molecule has 1 fully saturated rings. The zero-order valence-corrected chi connectivity index (χ0v) is 18.3. The minimum absolute atomic E-state index is 0.186. The highest BCUT2D eigenvalue weighted by atomic mass is 16.5. The molecule has 1 aliphatic heterocycles. The van der Waals surface area contributed by atoms with Crippen molar-refractivity contribution in [1.29, 1.82) is 0 Å². The molecule has 0 bridgehead atoms. The molecule has 1 rings (SSSR count). The number of carbonyl (C=O) groups excluding carboxylic acids is 1. The third-order valence-electron chi connectivity index (χ3n) is 4.78. The van der Waals surface area contributed by atoms with Crippen LogP contribution in [0.3, 0.4) is 0 Å². The quantitative estimate of drug-likeness (QED) is 0.274. The lowest BCUT2D eigenvalue weighted by Gasteiger charge is -2.26. The van der Waals surface area contributed by atoms with Crippen LogP contribution in [0.15, 0.2) is 36.3 Å². The van der Waals surface area contributed by atoms with Gasteiger partial charge in [-0.2, -0.15) is 0 Å². The largest absolute Gasteiger partial charge is 0.492 e.